The van der Waals surface area contributed by atoms with Gasteiger partial charge in [-0.2, -0.15) is 0 Å². The number of aliphatic hydroxyl groups is 1. The summed E-state index contributed by atoms with van der Waals surface area (Å²) in [4.78, 5) is 0. The van der Waals surface area contributed by atoms with Crippen LogP contribution in [-0.4, -0.2) is 30.5 Å². The molecule has 0 bridgehead atoms. The van der Waals surface area contributed by atoms with Gasteiger partial charge in [0.15, 0.2) is 0 Å². The van der Waals surface area contributed by atoms with E-state index >= 15 is 0 Å². The number of rotatable bonds is 3. The van der Waals surface area contributed by atoms with Crippen molar-refractivity contribution >= 4 is 5.69 Å². The maximum absolute atomic E-state index is 10.4. The van der Waals surface area contributed by atoms with E-state index in [0.29, 0.717) is 32.6 Å². The van der Waals surface area contributed by atoms with Crippen LogP contribution in [0.1, 0.15) is 24.0 Å². The van der Waals surface area contributed by atoms with E-state index in [1.165, 1.54) is 11.1 Å². The van der Waals surface area contributed by atoms with Crippen LogP contribution >= 0.6 is 0 Å². The fourth-order valence-electron chi connectivity index (χ4n) is 2.27. The Hall–Kier alpha value is -1.06. The molecular formula is C14H21NO2. The minimum Gasteiger partial charge on any atom is -0.388 e. The van der Waals surface area contributed by atoms with Crippen molar-refractivity contribution in [3.63, 3.8) is 0 Å². The Labute approximate surface area is 103 Å². The number of hydrogen-bond donors (Lipinski definition) is 2. The van der Waals surface area contributed by atoms with Crippen molar-refractivity contribution in [3.05, 3.63) is 29.3 Å². The minimum atomic E-state index is -0.618. The highest BCUT2D eigenvalue weighted by Gasteiger charge is 2.29. The second kappa shape index (κ2) is 5.07. The van der Waals surface area contributed by atoms with E-state index in [4.69, 9.17) is 4.74 Å². The summed E-state index contributed by atoms with van der Waals surface area (Å²) in [7, 11) is 0. The van der Waals surface area contributed by atoms with Crippen LogP contribution in [0.25, 0.3) is 0 Å². The van der Waals surface area contributed by atoms with Gasteiger partial charge in [0.05, 0.1) is 5.60 Å². The van der Waals surface area contributed by atoms with Gasteiger partial charge >= 0.3 is 0 Å². The first-order valence-electron chi connectivity index (χ1n) is 6.21. The van der Waals surface area contributed by atoms with E-state index < -0.39 is 5.60 Å². The second-order valence-corrected chi connectivity index (χ2v) is 4.96. The van der Waals surface area contributed by atoms with E-state index in [2.05, 4.69) is 37.4 Å². The van der Waals surface area contributed by atoms with Gasteiger partial charge in [-0.3, -0.25) is 0 Å². The molecule has 1 fully saturated rings. The SMILES string of the molecule is Cc1cccc(C)c1NCC1(O)CCOCC1. The first kappa shape index (κ1) is 12.4. The van der Waals surface area contributed by atoms with Crippen LogP contribution in [-0.2, 0) is 4.74 Å². The summed E-state index contributed by atoms with van der Waals surface area (Å²) in [6.07, 6.45) is 1.43. The van der Waals surface area contributed by atoms with Crippen LogP contribution in [0.5, 0.6) is 0 Å². The summed E-state index contributed by atoms with van der Waals surface area (Å²) in [5.41, 5.74) is 2.97. The predicted molar refractivity (Wildman–Crippen MR) is 69.4 cm³/mol. The highest BCUT2D eigenvalue weighted by Crippen LogP contribution is 2.24. The molecule has 0 saturated carbocycles. The molecule has 1 aromatic rings. The Balaban J connectivity index is 2.02. The number of para-hydroxylation sites is 1. The van der Waals surface area contributed by atoms with E-state index in [1.807, 2.05) is 0 Å². The molecule has 0 radical (unpaired) electrons. The molecule has 0 amide bonds. The average Bonchev–Trinajstić information content (AvgIpc) is 2.29. The molecule has 1 saturated heterocycles. The molecule has 0 unspecified atom stereocenters. The standard InChI is InChI=1S/C14H21NO2/c1-11-4-3-5-12(2)13(11)15-10-14(16)6-8-17-9-7-14/h3-5,15-16H,6-10H2,1-2H3. The Morgan fingerprint density at radius 3 is 2.41 bits per heavy atom. The summed E-state index contributed by atoms with van der Waals surface area (Å²) >= 11 is 0. The smallest absolute Gasteiger partial charge is 0.0863 e. The molecular weight excluding hydrogens is 214 g/mol. The first-order chi connectivity index (χ1) is 8.11. The third-order valence-electron chi connectivity index (χ3n) is 3.50. The van der Waals surface area contributed by atoms with E-state index in [0.717, 1.165) is 5.69 Å². The van der Waals surface area contributed by atoms with E-state index in [1.54, 1.807) is 0 Å². The van der Waals surface area contributed by atoms with Crippen molar-refractivity contribution in [2.45, 2.75) is 32.3 Å². The summed E-state index contributed by atoms with van der Waals surface area (Å²) in [6, 6.07) is 6.23. The molecule has 17 heavy (non-hydrogen) atoms. The van der Waals surface area contributed by atoms with Gasteiger partial charge in [-0.15, -0.1) is 0 Å². The molecule has 2 N–H and O–H groups in total. The zero-order valence-corrected chi connectivity index (χ0v) is 10.6. The molecule has 1 aliphatic rings. The van der Waals surface area contributed by atoms with Gasteiger partial charge in [0.1, 0.15) is 0 Å². The molecule has 0 atom stereocenters. The van der Waals surface area contributed by atoms with Crippen LogP contribution in [0.4, 0.5) is 5.69 Å². The normalized spacial score (nSPS) is 19.0. The van der Waals surface area contributed by atoms with Gasteiger partial charge in [0.25, 0.3) is 0 Å². The van der Waals surface area contributed by atoms with Gasteiger partial charge in [0.2, 0.25) is 0 Å². The van der Waals surface area contributed by atoms with Crippen LogP contribution in [0.15, 0.2) is 18.2 Å². The molecule has 0 spiro atoms. The van der Waals surface area contributed by atoms with Crippen molar-refractivity contribution in [3.8, 4) is 0 Å². The van der Waals surface area contributed by atoms with Crippen LogP contribution in [0, 0.1) is 13.8 Å². The largest absolute Gasteiger partial charge is 0.388 e. The maximum Gasteiger partial charge on any atom is 0.0863 e. The summed E-state index contributed by atoms with van der Waals surface area (Å²) < 4.78 is 5.28. The van der Waals surface area contributed by atoms with Gasteiger partial charge in [-0.1, -0.05) is 18.2 Å². The lowest BCUT2D eigenvalue weighted by molar-refractivity contribution is -0.0543. The molecule has 0 aromatic heterocycles. The fourth-order valence-corrected chi connectivity index (χ4v) is 2.27. The summed E-state index contributed by atoms with van der Waals surface area (Å²) in [5, 5.41) is 13.8. The predicted octanol–water partition coefficient (Wildman–Crippen LogP) is 2.26. The van der Waals surface area contributed by atoms with Crippen molar-refractivity contribution in [2.75, 3.05) is 25.1 Å². The van der Waals surface area contributed by atoms with Crippen LogP contribution in [0.2, 0.25) is 0 Å². The number of nitrogens with one attached hydrogen (secondary N) is 1. The van der Waals surface area contributed by atoms with Crippen LogP contribution in [0.3, 0.4) is 0 Å². The number of hydrogen-bond acceptors (Lipinski definition) is 3. The zero-order chi connectivity index (χ0) is 12.3. The topological polar surface area (TPSA) is 41.5 Å². The molecule has 1 heterocycles. The maximum atomic E-state index is 10.4. The number of benzene rings is 1. The molecule has 3 heteroatoms. The van der Waals surface area contributed by atoms with Gasteiger partial charge < -0.3 is 15.2 Å². The van der Waals surface area contributed by atoms with Crippen molar-refractivity contribution < 1.29 is 9.84 Å². The Morgan fingerprint density at radius 1 is 1.24 bits per heavy atom. The van der Waals surface area contributed by atoms with Gasteiger partial charge in [0, 0.05) is 38.3 Å². The molecule has 2 rings (SSSR count). The lowest BCUT2D eigenvalue weighted by atomic mass is 9.94. The van der Waals surface area contributed by atoms with Crippen LogP contribution < -0.4 is 5.32 Å². The Kier molecular flexibility index (Phi) is 3.69. The molecule has 94 valence electrons. The number of aryl methyl sites for hydroxylation is 2. The molecule has 1 aliphatic heterocycles. The number of ether oxygens (including phenoxy) is 1. The Bertz CT molecular complexity index is 364. The lowest BCUT2D eigenvalue weighted by Crippen LogP contribution is -2.42. The van der Waals surface area contributed by atoms with Crippen molar-refractivity contribution in [1.82, 2.24) is 0 Å². The highest BCUT2D eigenvalue weighted by atomic mass is 16.5. The zero-order valence-electron chi connectivity index (χ0n) is 10.6. The minimum absolute atomic E-state index is 0.599. The van der Waals surface area contributed by atoms with Crippen molar-refractivity contribution in [2.24, 2.45) is 0 Å². The molecule has 1 aromatic carbocycles. The third kappa shape index (κ3) is 2.99. The average molecular weight is 235 g/mol. The van der Waals surface area contributed by atoms with Crippen molar-refractivity contribution in [1.29, 1.82) is 0 Å². The van der Waals surface area contributed by atoms with Gasteiger partial charge in [-0.05, 0) is 25.0 Å². The van der Waals surface area contributed by atoms with E-state index in [-0.39, 0.29) is 0 Å². The third-order valence-corrected chi connectivity index (χ3v) is 3.50. The molecule has 0 aliphatic carbocycles. The molecule has 3 nitrogen and oxygen atoms in total. The monoisotopic (exact) mass is 235 g/mol. The second-order valence-electron chi connectivity index (χ2n) is 4.96. The van der Waals surface area contributed by atoms with E-state index in [9.17, 15) is 5.11 Å². The number of anilines is 1. The lowest BCUT2D eigenvalue weighted by Gasteiger charge is -2.32. The highest BCUT2D eigenvalue weighted by molar-refractivity contribution is 5.56. The van der Waals surface area contributed by atoms with Gasteiger partial charge in [-0.25, -0.2) is 0 Å². The fraction of sp³-hybridized carbons (Fsp3) is 0.571. The quantitative estimate of drug-likeness (QED) is 0.844. The summed E-state index contributed by atoms with van der Waals surface area (Å²) in [6.45, 7) is 6.09. The summed E-state index contributed by atoms with van der Waals surface area (Å²) in [5.74, 6) is 0. The first-order valence-corrected chi connectivity index (χ1v) is 6.21. The Morgan fingerprint density at radius 2 is 1.82 bits per heavy atom.